The first-order valence-electron chi connectivity index (χ1n) is 13.3. The Balaban J connectivity index is 1.71. The van der Waals surface area contributed by atoms with Crippen LogP contribution in [-0.4, -0.2) is 41.0 Å². The van der Waals surface area contributed by atoms with Gasteiger partial charge in [0.05, 0.1) is 30.5 Å². The number of aryl methyl sites for hydroxylation is 1. The van der Waals surface area contributed by atoms with Gasteiger partial charge in [0.25, 0.3) is 5.91 Å². The summed E-state index contributed by atoms with van der Waals surface area (Å²) in [5, 5.41) is 11.2. The molecule has 1 aliphatic rings. The van der Waals surface area contributed by atoms with Crippen LogP contribution in [0.2, 0.25) is 0 Å². The number of amides is 1. The average Bonchev–Trinajstić information content (AvgIpc) is 3.47. The molecular formula is C31H32N2O6S. The van der Waals surface area contributed by atoms with Gasteiger partial charge in [-0.2, -0.15) is 0 Å². The third kappa shape index (κ3) is 6.31. The quantitative estimate of drug-likeness (QED) is 0.156. The summed E-state index contributed by atoms with van der Waals surface area (Å²) in [7, 11) is 0. The number of unbranched alkanes of at least 4 members (excludes halogenated alkanes) is 2. The molecule has 1 unspecified atom stereocenters. The summed E-state index contributed by atoms with van der Waals surface area (Å²) in [6, 6.07) is 15.4. The Morgan fingerprint density at radius 1 is 1.07 bits per heavy atom. The van der Waals surface area contributed by atoms with Crippen LogP contribution < -0.4 is 9.64 Å². The van der Waals surface area contributed by atoms with Gasteiger partial charge >= 0.3 is 5.97 Å². The van der Waals surface area contributed by atoms with Crippen LogP contribution >= 0.6 is 11.3 Å². The molecule has 2 aromatic carbocycles. The molecule has 0 radical (unpaired) electrons. The number of aromatic nitrogens is 1. The maximum absolute atomic E-state index is 13.5. The molecule has 1 aromatic heterocycles. The van der Waals surface area contributed by atoms with Crippen molar-refractivity contribution in [2.75, 3.05) is 18.1 Å². The molecule has 0 bridgehead atoms. The van der Waals surface area contributed by atoms with Crippen molar-refractivity contribution in [1.82, 2.24) is 4.98 Å². The summed E-state index contributed by atoms with van der Waals surface area (Å²) in [5.74, 6) is -1.82. The minimum absolute atomic E-state index is 0.0701. The molecule has 0 fully saturated rings. The van der Waals surface area contributed by atoms with Crippen LogP contribution in [0.4, 0.5) is 5.13 Å². The molecule has 1 amide bonds. The summed E-state index contributed by atoms with van der Waals surface area (Å²) in [5.41, 5.74) is 1.71. The van der Waals surface area contributed by atoms with Crippen molar-refractivity contribution in [2.45, 2.75) is 46.1 Å². The molecule has 0 spiro atoms. The average molecular weight is 561 g/mol. The van der Waals surface area contributed by atoms with Gasteiger partial charge in [0, 0.05) is 0 Å². The van der Waals surface area contributed by atoms with Crippen LogP contribution in [0.3, 0.4) is 0 Å². The van der Waals surface area contributed by atoms with Crippen molar-refractivity contribution in [1.29, 1.82) is 0 Å². The van der Waals surface area contributed by atoms with E-state index in [4.69, 9.17) is 9.47 Å². The van der Waals surface area contributed by atoms with Gasteiger partial charge in [0.1, 0.15) is 10.6 Å². The number of aliphatic hydroxyl groups excluding tert-OH is 1. The van der Waals surface area contributed by atoms with Gasteiger partial charge in [-0.1, -0.05) is 79.6 Å². The van der Waals surface area contributed by atoms with E-state index in [0.29, 0.717) is 23.6 Å². The van der Waals surface area contributed by atoms with E-state index < -0.39 is 29.5 Å². The van der Waals surface area contributed by atoms with E-state index in [1.165, 1.54) is 11.0 Å². The first-order valence-corrected chi connectivity index (χ1v) is 14.1. The van der Waals surface area contributed by atoms with Gasteiger partial charge in [-0.05, 0) is 49.6 Å². The lowest BCUT2D eigenvalue weighted by Crippen LogP contribution is -2.30. The topological polar surface area (TPSA) is 106 Å². The lowest BCUT2D eigenvalue weighted by Gasteiger charge is -2.24. The minimum Gasteiger partial charge on any atom is -0.503 e. The lowest BCUT2D eigenvalue weighted by atomic mass is 9.95. The van der Waals surface area contributed by atoms with E-state index in [1.54, 1.807) is 44.2 Å². The molecule has 3 aromatic rings. The highest BCUT2D eigenvalue weighted by Crippen LogP contribution is 2.43. The number of esters is 1. The number of ether oxygens (including phenoxy) is 2. The summed E-state index contributed by atoms with van der Waals surface area (Å²) in [6.07, 6.45) is 6.08. The number of rotatable bonds is 12. The molecular weight excluding hydrogens is 528 g/mol. The monoisotopic (exact) mass is 560 g/mol. The number of nitrogens with zero attached hydrogens (tertiary/aromatic N) is 2. The van der Waals surface area contributed by atoms with E-state index in [-0.39, 0.29) is 22.2 Å². The number of carbonyl (C=O) groups is 3. The minimum atomic E-state index is -0.963. The van der Waals surface area contributed by atoms with Gasteiger partial charge < -0.3 is 14.6 Å². The number of carbonyl (C=O) groups excluding carboxylic acids is 3. The number of aliphatic hydroxyl groups is 1. The fourth-order valence-corrected chi connectivity index (χ4v) is 5.34. The number of ketones is 1. The highest BCUT2D eigenvalue weighted by molar-refractivity contribution is 7.17. The molecule has 1 N–H and O–H groups in total. The zero-order valence-corrected chi connectivity index (χ0v) is 23.6. The lowest BCUT2D eigenvalue weighted by molar-refractivity contribution is -0.117. The number of hydrogen-bond acceptors (Lipinski definition) is 8. The second kappa shape index (κ2) is 13.2. The van der Waals surface area contributed by atoms with Crippen LogP contribution in [0.1, 0.15) is 65.6 Å². The number of thiazole rings is 1. The Labute approximate surface area is 237 Å². The third-order valence-corrected chi connectivity index (χ3v) is 7.50. The summed E-state index contributed by atoms with van der Waals surface area (Å²) in [6.45, 7) is 6.26. The maximum atomic E-state index is 13.5. The molecule has 9 heteroatoms. The number of anilines is 1. The van der Waals surface area contributed by atoms with Crippen molar-refractivity contribution in [3.63, 3.8) is 0 Å². The molecule has 0 aliphatic carbocycles. The second-order valence-electron chi connectivity index (χ2n) is 9.20. The van der Waals surface area contributed by atoms with Crippen molar-refractivity contribution in [3.8, 4) is 5.75 Å². The van der Waals surface area contributed by atoms with Crippen LogP contribution in [0.5, 0.6) is 5.75 Å². The summed E-state index contributed by atoms with van der Waals surface area (Å²) >= 11 is 0.980. The first-order chi connectivity index (χ1) is 19.3. The van der Waals surface area contributed by atoms with E-state index in [1.807, 2.05) is 30.3 Å². The van der Waals surface area contributed by atoms with Gasteiger partial charge in [-0.25, -0.2) is 9.78 Å². The molecule has 0 saturated carbocycles. The van der Waals surface area contributed by atoms with Crippen molar-refractivity contribution in [3.05, 3.63) is 93.7 Å². The highest BCUT2D eigenvalue weighted by atomic mass is 32.1. The predicted octanol–water partition coefficient (Wildman–Crippen LogP) is 6.38. The Hall–Kier alpha value is -4.24. The first kappa shape index (κ1) is 28.8. The van der Waals surface area contributed by atoms with Crippen LogP contribution in [0.15, 0.2) is 72.0 Å². The van der Waals surface area contributed by atoms with Crippen molar-refractivity contribution >= 4 is 40.2 Å². The zero-order valence-electron chi connectivity index (χ0n) is 22.8. The molecule has 40 heavy (non-hydrogen) atoms. The third-order valence-electron chi connectivity index (χ3n) is 6.36. The Morgan fingerprint density at radius 3 is 2.48 bits per heavy atom. The Bertz CT molecular complexity index is 1430. The van der Waals surface area contributed by atoms with Crippen LogP contribution in [0.25, 0.3) is 6.08 Å². The summed E-state index contributed by atoms with van der Waals surface area (Å²) < 4.78 is 11.0. The molecule has 2 heterocycles. The molecule has 4 rings (SSSR count). The number of hydrogen-bond donors (Lipinski definition) is 1. The molecule has 1 atom stereocenters. The van der Waals surface area contributed by atoms with Gasteiger partial charge in [0.15, 0.2) is 16.7 Å². The predicted molar refractivity (Wildman–Crippen MR) is 155 cm³/mol. The standard InChI is InChI=1S/C31H32N2O6S/c1-4-6-10-19-39-23-16-14-22(15-17-23)26-25(24(34)18-13-21-11-8-7-9-12-21)27(35)29(36)33(26)31-32-20(3)28(40-31)30(37)38-5-2/h7-9,11-18,26,35H,4-6,10,19H2,1-3H3/b18-13+. The normalized spacial score (nSPS) is 15.2. The van der Waals surface area contributed by atoms with Crippen LogP contribution in [-0.2, 0) is 14.3 Å². The number of benzene rings is 2. The van der Waals surface area contributed by atoms with E-state index in [9.17, 15) is 19.5 Å². The largest absolute Gasteiger partial charge is 0.503 e. The molecule has 208 valence electrons. The van der Waals surface area contributed by atoms with Gasteiger partial charge in [-0.3, -0.25) is 14.5 Å². The molecule has 0 saturated heterocycles. The maximum Gasteiger partial charge on any atom is 0.350 e. The number of allylic oxidation sites excluding steroid dienone is 1. The zero-order chi connectivity index (χ0) is 28.6. The Kier molecular flexibility index (Phi) is 9.50. The summed E-state index contributed by atoms with van der Waals surface area (Å²) in [4.78, 5) is 45.3. The van der Waals surface area contributed by atoms with Crippen molar-refractivity contribution < 1.29 is 29.0 Å². The molecule has 8 nitrogen and oxygen atoms in total. The smallest absolute Gasteiger partial charge is 0.350 e. The van der Waals surface area contributed by atoms with Crippen LogP contribution in [0, 0.1) is 6.92 Å². The second-order valence-corrected chi connectivity index (χ2v) is 10.2. The highest BCUT2D eigenvalue weighted by Gasteiger charge is 2.45. The fraction of sp³-hybridized carbons (Fsp3) is 0.290. The SMILES string of the molecule is CCCCCOc1ccc(C2C(C(=O)/C=C/c3ccccc3)=C(O)C(=O)N2c2nc(C)c(C(=O)OCC)s2)cc1. The molecule has 1 aliphatic heterocycles. The van der Waals surface area contributed by atoms with Gasteiger partial charge in [-0.15, -0.1) is 0 Å². The van der Waals surface area contributed by atoms with E-state index in [2.05, 4.69) is 11.9 Å². The Morgan fingerprint density at radius 2 is 1.80 bits per heavy atom. The van der Waals surface area contributed by atoms with E-state index in [0.717, 1.165) is 36.2 Å². The van der Waals surface area contributed by atoms with Crippen molar-refractivity contribution in [2.24, 2.45) is 0 Å². The van der Waals surface area contributed by atoms with E-state index >= 15 is 0 Å². The van der Waals surface area contributed by atoms with Gasteiger partial charge in [0.2, 0.25) is 0 Å². The fourth-order valence-electron chi connectivity index (χ4n) is 4.36.